The molecule has 1 aromatic heterocycles. The van der Waals surface area contributed by atoms with Crippen molar-refractivity contribution in [3.63, 3.8) is 0 Å². The monoisotopic (exact) mass is 232 g/mol. The Labute approximate surface area is 105 Å². The lowest BCUT2D eigenvalue weighted by molar-refractivity contribution is 0.498. The van der Waals surface area contributed by atoms with E-state index in [1.165, 1.54) is 24.8 Å². The molecule has 1 heterocycles. The molecule has 2 nitrogen and oxygen atoms in total. The minimum Gasteiger partial charge on any atom is -0.312 e. The molecule has 0 aliphatic carbocycles. The van der Waals surface area contributed by atoms with Crippen molar-refractivity contribution in [3.8, 4) is 0 Å². The number of pyridine rings is 1. The van der Waals surface area contributed by atoms with Crippen LogP contribution in [-0.4, -0.2) is 12.0 Å². The van der Waals surface area contributed by atoms with Crippen LogP contribution in [0.2, 0.25) is 0 Å². The Kier molecular flexibility index (Phi) is 6.56. The smallest absolute Gasteiger partial charge is 0.0575 e. The van der Waals surface area contributed by atoms with Crippen LogP contribution in [0, 0.1) is 6.92 Å². The standard InChI is InChI=1S/C15H24N2/c1-4-5-6-7-8-9-14(16-3)15-12-13(2)10-11-17-15/h4,10-12,14,16H,1,5-9H2,2-3H3. The van der Waals surface area contributed by atoms with Gasteiger partial charge in [0, 0.05) is 12.2 Å². The molecule has 1 aromatic rings. The molecule has 0 spiro atoms. The second-order valence-electron chi connectivity index (χ2n) is 4.53. The predicted molar refractivity (Wildman–Crippen MR) is 74.1 cm³/mol. The van der Waals surface area contributed by atoms with Gasteiger partial charge < -0.3 is 5.32 Å². The summed E-state index contributed by atoms with van der Waals surface area (Å²) < 4.78 is 0. The second-order valence-corrected chi connectivity index (χ2v) is 4.53. The molecule has 2 heteroatoms. The third-order valence-corrected chi connectivity index (χ3v) is 3.04. The highest BCUT2D eigenvalue weighted by molar-refractivity contribution is 5.17. The van der Waals surface area contributed by atoms with E-state index in [0.717, 1.165) is 18.5 Å². The molecule has 17 heavy (non-hydrogen) atoms. The van der Waals surface area contributed by atoms with Crippen LogP contribution in [0.5, 0.6) is 0 Å². The number of hydrogen-bond donors (Lipinski definition) is 1. The molecule has 1 unspecified atom stereocenters. The van der Waals surface area contributed by atoms with Crippen LogP contribution in [0.1, 0.15) is 49.4 Å². The maximum Gasteiger partial charge on any atom is 0.0575 e. The minimum absolute atomic E-state index is 0.388. The Bertz CT molecular complexity index is 333. The number of nitrogens with zero attached hydrogens (tertiary/aromatic N) is 1. The van der Waals surface area contributed by atoms with E-state index >= 15 is 0 Å². The number of hydrogen-bond acceptors (Lipinski definition) is 2. The summed E-state index contributed by atoms with van der Waals surface area (Å²) in [6, 6.07) is 4.60. The molecule has 0 fully saturated rings. The summed E-state index contributed by atoms with van der Waals surface area (Å²) in [5.41, 5.74) is 2.44. The van der Waals surface area contributed by atoms with E-state index in [1.54, 1.807) is 0 Å². The molecule has 1 N–H and O–H groups in total. The molecular formula is C15H24N2. The predicted octanol–water partition coefficient (Wildman–Crippen LogP) is 3.79. The van der Waals surface area contributed by atoms with Crippen LogP contribution in [0.15, 0.2) is 31.0 Å². The number of aromatic nitrogens is 1. The molecule has 0 aliphatic heterocycles. The lowest BCUT2D eigenvalue weighted by Crippen LogP contribution is -2.17. The highest BCUT2D eigenvalue weighted by atomic mass is 14.9. The molecule has 1 atom stereocenters. The van der Waals surface area contributed by atoms with Crippen molar-refractivity contribution in [2.75, 3.05) is 7.05 Å². The van der Waals surface area contributed by atoms with Crippen molar-refractivity contribution in [3.05, 3.63) is 42.2 Å². The molecule has 0 radical (unpaired) electrons. The number of aryl methyl sites for hydroxylation is 1. The average molecular weight is 232 g/mol. The van der Waals surface area contributed by atoms with E-state index in [2.05, 4.69) is 29.9 Å². The number of nitrogens with one attached hydrogen (secondary N) is 1. The molecule has 0 saturated carbocycles. The normalized spacial score (nSPS) is 12.4. The zero-order valence-electron chi connectivity index (χ0n) is 11.1. The molecule has 0 bridgehead atoms. The van der Waals surface area contributed by atoms with Crippen LogP contribution in [0.4, 0.5) is 0 Å². The molecule has 1 rings (SSSR count). The van der Waals surface area contributed by atoms with E-state index in [1.807, 2.05) is 25.4 Å². The lowest BCUT2D eigenvalue weighted by Gasteiger charge is -2.15. The largest absolute Gasteiger partial charge is 0.312 e. The van der Waals surface area contributed by atoms with Crippen LogP contribution in [0.25, 0.3) is 0 Å². The van der Waals surface area contributed by atoms with Gasteiger partial charge in [-0.3, -0.25) is 4.98 Å². The Hall–Kier alpha value is -1.15. The van der Waals surface area contributed by atoms with Gasteiger partial charge >= 0.3 is 0 Å². The molecule has 0 saturated heterocycles. The minimum atomic E-state index is 0.388. The summed E-state index contributed by atoms with van der Waals surface area (Å²) in [5.74, 6) is 0. The van der Waals surface area contributed by atoms with Gasteiger partial charge in [0.1, 0.15) is 0 Å². The highest BCUT2D eigenvalue weighted by Gasteiger charge is 2.09. The third-order valence-electron chi connectivity index (χ3n) is 3.04. The van der Waals surface area contributed by atoms with E-state index in [9.17, 15) is 0 Å². The molecular weight excluding hydrogens is 208 g/mol. The first-order valence-corrected chi connectivity index (χ1v) is 6.48. The van der Waals surface area contributed by atoms with Gasteiger partial charge in [-0.2, -0.15) is 0 Å². The summed E-state index contributed by atoms with van der Waals surface area (Å²) in [4.78, 5) is 4.45. The van der Waals surface area contributed by atoms with E-state index in [4.69, 9.17) is 0 Å². The quantitative estimate of drug-likeness (QED) is 0.545. The zero-order valence-corrected chi connectivity index (χ0v) is 11.1. The SMILES string of the molecule is C=CCCCCCC(NC)c1cc(C)ccn1. The maximum atomic E-state index is 4.45. The van der Waals surface area contributed by atoms with Gasteiger partial charge in [-0.05, 0) is 50.9 Å². The second kappa shape index (κ2) is 8.02. The van der Waals surface area contributed by atoms with Crippen molar-refractivity contribution in [2.24, 2.45) is 0 Å². The zero-order chi connectivity index (χ0) is 12.5. The van der Waals surface area contributed by atoms with E-state index < -0.39 is 0 Å². The fourth-order valence-corrected chi connectivity index (χ4v) is 2.00. The molecule has 0 amide bonds. The number of allylic oxidation sites excluding steroid dienone is 1. The summed E-state index contributed by atoms with van der Waals surface area (Å²) in [6.07, 6.45) is 9.95. The highest BCUT2D eigenvalue weighted by Crippen LogP contribution is 2.18. The fourth-order valence-electron chi connectivity index (χ4n) is 2.00. The first-order chi connectivity index (χ1) is 8.27. The molecule has 0 aromatic carbocycles. The van der Waals surface area contributed by atoms with Gasteiger partial charge in [0.25, 0.3) is 0 Å². The Morgan fingerprint density at radius 1 is 1.41 bits per heavy atom. The van der Waals surface area contributed by atoms with Crippen molar-refractivity contribution in [1.82, 2.24) is 10.3 Å². The number of unbranched alkanes of at least 4 members (excludes halogenated alkanes) is 3. The van der Waals surface area contributed by atoms with Crippen LogP contribution in [-0.2, 0) is 0 Å². The van der Waals surface area contributed by atoms with Gasteiger partial charge in [0.2, 0.25) is 0 Å². The molecule has 94 valence electrons. The van der Waals surface area contributed by atoms with Gasteiger partial charge in [-0.1, -0.05) is 18.9 Å². The van der Waals surface area contributed by atoms with E-state index in [0.29, 0.717) is 6.04 Å². The summed E-state index contributed by atoms with van der Waals surface area (Å²) in [6.45, 7) is 5.86. The van der Waals surface area contributed by atoms with Crippen molar-refractivity contribution < 1.29 is 0 Å². The van der Waals surface area contributed by atoms with Crippen LogP contribution in [0.3, 0.4) is 0 Å². The number of rotatable bonds is 8. The lowest BCUT2D eigenvalue weighted by atomic mass is 10.0. The Balaban J connectivity index is 2.40. The first-order valence-electron chi connectivity index (χ1n) is 6.48. The summed E-state index contributed by atoms with van der Waals surface area (Å²) >= 11 is 0. The summed E-state index contributed by atoms with van der Waals surface area (Å²) in [7, 11) is 2.01. The Morgan fingerprint density at radius 3 is 2.88 bits per heavy atom. The summed E-state index contributed by atoms with van der Waals surface area (Å²) in [5, 5.41) is 3.35. The van der Waals surface area contributed by atoms with Crippen molar-refractivity contribution >= 4 is 0 Å². The fraction of sp³-hybridized carbons (Fsp3) is 0.533. The third kappa shape index (κ3) is 5.14. The average Bonchev–Trinajstić information content (AvgIpc) is 2.34. The van der Waals surface area contributed by atoms with Crippen LogP contribution >= 0.6 is 0 Å². The first kappa shape index (κ1) is 13.9. The maximum absolute atomic E-state index is 4.45. The van der Waals surface area contributed by atoms with Gasteiger partial charge in [-0.15, -0.1) is 6.58 Å². The molecule has 0 aliphatic rings. The van der Waals surface area contributed by atoms with Gasteiger partial charge in [0.15, 0.2) is 0 Å². The Morgan fingerprint density at radius 2 is 2.24 bits per heavy atom. The van der Waals surface area contributed by atoms with Gasteiger partial charge in [0.05, 0.1) is 5.69 Å². The van der Waals surface area contributed by atoms with Crippen LogP contribution < -0.4 is 5.32 Å². The van der Waals surface area contributed by atoms with Crippen molar-refractivity contribution in [2.45, 2.75) is 45.1 Å². The van der Waals surface area contributed by atoms with Crippen molar-refractivity contribution in [1.29, 1.82) is 0 Å². The van der Waals surface area contributed by atoms with E-state index in [-0.39, 0.29) is 0 Å². The topological polar surface area (TPSA) is 24.9 Å². The van der Waals surface area contributed by atoms with Gasteiger partial charge in [-0.25, -0.2) is 0 Å².